The summed E-state index contributed by atoms with van der Waals surface area (Å²) in [6, 6.07) is 6.41. The number of anilines is 1. The number of rotatable bonds is 1. The Kier molecular flexibility index (Phi) is 1.98. The maximum absolute atomic E-state index is 5.90. The molecule has 3 N–H and O–H groups in total. The van der Waals surface area contributed by atoms with Gasteiger partial charge in [-0.15, -0.1) is 0 Å². The summed E-state index contributed by atoms with van der Waals surface area (Å²) in [5, 5.41) is 8.11. The minimum absolute atomic E-state index is 0.679. The highest BCUT2D eigenvalue weighted by Gasteiger charge is 2.12. The zero-order valence-electron chi connectivity index (χ0n) is 9.86. The van der Waals surface area contributed by atoms with E-state index >= 15 is 0 Å². The van der Waals surface area contributed by atoms with Crippen LogP contribution in [-0.4, -0.2) is 14.8 Å². The largest absolute Gasteiger partial charge is 0.396 e. The van der Waals surface area contributed by atoms with Crippen LogP contribution in [0.4, 0.5) is 5.69 Å². The Hall–Kier alpha value is -2.23. The van der Waals surface area contributed by atoms with Crippen molar-refractivity contribution >= 4 is 16.6 Å². The number of fused-ring (bicyclic) bond motifs is 1. The Balaban J connectivity index is 2.35. The summed E-state index contributed by atoms with van der Waals surface area (Å²) in [5.41, 5.74) is 11.0. The van der Waals surface area contributed by atoms with E-state index in [0.29, 0.717) is 5.69 Å². The van der Waals surface area contributed by atoms with Gasteiger partial charge in [0, 0.05) is 29.7 Å². The molecule has 0 spiro atoms. The lowest BCUT2D eigenvalue weighted by atomic mass is 10.1. The van der Waals surface area contributed by atoms with Crippen LogP contribution < -0.4 is 5.73 Å². The van der Waals surface area contributed by atoms with E-state index in [2.05, 4.69) is 46.1 Å². The third-order valence-corrected chi connectivity index (χ3v) is 3.08. The first-order valence-electron chi connectivity index (χ1n) is 5.51. The van der Waals surface area contributed by atoms with Gasteiger partial charge in [0.05, 0.1) is 17.6 Å². The quantitative estimate of drug-likeness (QED) is 0.669. The van der Waals surface area contributed by atoms with Gasteiger partial charge in [-0.2, -0.15) is 5.10 Å². The molecule has 0 atom stereocenters. The molecule has 3 aromatic rings. The molecule has 2 heterocycles. The van der Waals surface area contributed by atoms with Crippen molar-refractivity contribution in [3.05, 3.63) is 36.2 Å². The molecule has 0 saturated carbocycles. The summed E-state index contributed by atoms with van der Waals surface area (Å²) in [4.78, 5) is 0. The van der Waals surface area contributed by atoms with Crippen LogP contribution in [0.25, 0.3) is 22.2 Å². The molecule has 0 unspecified atom stereocenters. The Labute approximate surface area is 99.1 Å². The molecule has 86 valence electrons. The SMILES string of the molecule is Cc1ccc2c(-c3[nH]ncc3N)cn(C)c2c1. The Morgan fingerprint density at radius 1 is 1.35 bits per heavy atom. The van der Waals surface area contributed by atoms with Crippen molar-refractivity contribution in [3.8, 4) is 11.3 Å². The van der Waals surface area contributed by atoms with Crippen LogP contribution in [0.2, 0.25) is 0 Å². The monoisotopic (exact) mass is 226 g/mol. The fourth-order valence-corrected chi connectivity index (χ4v) is 2.20. The minimum Gasteiger partial charge on any atom is -0.396 e. The lowest BCUT2D eigenvalue weighted by Crippen LogP contribution is -1.85. The first-order chi connectivity index (χ1) is 8.16. The maximum Gasteiger partial charge on any atom is 0.0901 e. The second-order valence-corrected chi connectivity index (χ2v) is 4.37. The van der Waals surface area contributed by atoms with E-state index in [1.165, 1.54) is 16.5 Å². The molecule has 0 saturated heterocycles. The van der Waals surface area contributed by atoms with E-state index < -0.39 is 0 Å². The number of hydrogen-bond donors (Lipinski definition) is 2. The number of aromatic nitrogens is 3. The van der Waals surface area contributed by atoms with E-state index in [9.17, 15) is 0 Å². The lowest BCUT2D eigenvalue weighted by molar-refractivity contribution is 0.968. The smallest absolute Gasteiger partial charge is 0.0901 e. The molecule has 4 heteroatoms. The first-order valence-corrected chi connectivity index (χ1v) is 5.51. The predicted molar refractivity (Wildman–Crippen MR) is 69.7 cm³/mol. The Morgan fingerprint density at radius 3 is 2.88 bits per heavy atom. The van der Waals surface area contributed by atoms with Crippen molar-refractivity contribution in [1.82, 2.24) is 14.8 Å². The first kappa shape index (κ1) is 9.96. The molecular formula is C13H14N4. The molecule has 4 nitrogen and oxygen atoms in total. The third kappa shape index (κ3) is 1.41. The van der Waals surface area contributed by atoms with Crippen molar-refractivity contribution in [2.24, 2.45) is 7.05 Å². The van der Waals surface area contributed by atoms with Crippen molar-refractivity contribution in [2.45, 2.75) is 6.92 Å². The van der Waals surface area contributed by atoms with E-state index in [0.717, 1.165) is 11.3 Å². The van der Waals surface area contributed by atoms with Gasteiger partial charge in [0.2, 0.25) is 0 Å². The summed E-state index contributed by atoms with van der Waals surface area (Å²) >= 11 is 0. The van der Waals surface area contributed by atoms with E-state index in [4.69, 9.17) is 5.73 Å². The molecule has 0 aliphatic rings. The van der Waals surface area contributed by atoms with Gasteiger partial charge in [-0.3, -0.25) is 5.10 Å². The number of aryl methyl sites for hydroxylation is 2. The zero-order valence-corrected chi connectivity index (χ0v) is 9.86. The summed E-state index contributed by atoms with van der Waals surface area (Å²) in [7, 11) is 2.04. The average molecular weight is 226 g/mol. The van der Waals surface area contributed by atoms with Crippen molar-refractivity contribution in [1.29, 1.82) is 0 Å². The van der Waals surface area contributed by atoms with Crippen LogP contribution in [0.1, 0.15) is 5.56 Å². The molecule has 2 aromatic heterocycles. The van der Waals surface area contributed by atoms with Gasteiger partial charge < -0.3 is 10.3 Å². The molecule has 0 radical (unpaired) electrons. The number of nitrogens with two attached hydrogens (primary N) is 1. The predicted octanol–water partition coefficient (Wildman–Crippen LogP) is 2.46. The molecule has 0 amide bonds. The minimum atomic E-state index is 0.679. The fourth-order valence-electron chi connectivity index (χ4n) is 2.20. The zero-order chi connectivity index (χ0) is 12.0. The van der Waals surface area contributed by atoms with Crippen LogP contribution in [0.3, 0.4) is 0 Å². The molecule has 3 rings (SSSR count). The van der Waals surface area contributed by atoms with E-state index in [1.807, 2.05) is 7.05 Å². The third-order valence-electron chi connectivity index (χ3n) is 3.08. The van der Waals surface area contributed by atoms with Crippen molar-refractivity contribution in [2.75, 3.05) is 5.73 Å². The average Bonchev–Trinajstić information content (AvgIpc) is 2.84. The van der Waals surface area contributed by atoms with Gasteiger partial charge in [-0.05, 0) is 18.6 Å². The van der Waals surface area contributed by atoms with Crippen molar-refractivity contribution < 1.29 is 0 Å². The normalized spacial score (nSPS) is 11.2. The highest BCUT2D eigenvalue weighted by molar-refractivity contribution is 5.97. The van der Waals surface area contributed by atoms with Crippen LogP contribution in [0, 0.1) is 6.92 Å². The van der Waals surface area contributed by atoms with Gasteiger partial charge in [0.25, 0.3) is 0 Å². The van der Waals surface area contributed by atoms with Crippen LogP contribution in [0.15, 0.2) is 30.6 Å². The molecule has 17 heavy (non-hydrogen) atoms. The number of nitrogens with zero attached hydrogens (tertiary/aromatic N) is 2. The second-order valence-electron chi connectivity index (χ2n) is 4.37. The van der Waals surface area contributed by atoms with E-state index in [1.54, 1.807) is 6.20 Å². The molecular weight excluding hydrogens is 212 g/mol. The standard InChI is InChI=1S/C13H14N4/c1-8-3-4-9-10(7-17(2)12(9)5-8)13-11(14)6-15-16-13/h3-7H,14H2,1-2H3,(H,15,16). The summed E-state index contributed by atoms with van der Waals surface area (Å²) in [6.07, 6.45) is 3.72. The molecule has 0 aliphatic carbocycles. The van der Waals surface area contributed by atoms with Gasteiger partial charge in [-0.1, -0.05) is 12.1 Å². The van der Waals surface area contributed by atoms with Gasteiger partial charge in [0.1, 0.15) is 0 Å². The van der Waals surface area contributed by atoms with E-state index in [-0.39, 0.29) is 0 Å². The van der Waals surface area contributed by atoms with Crippen LogP contribution in [-0.2, 0) is 7.05 Å². The van der Waals surface area contributed by atoms with Crippen LogP contribution >= 0.6 is 0 Å². The fraction of sp³-hybridized carbons (Fsp3) is 0.154. The lowest BCUT2D eigenvalue weighted by Gasteiger charge is -1.98. The molecule has 0 fully saturated rings. The molecule has 0 bridgehead atoms. The van der Waals surface area contributed by atoms with Gasteiger partial charge in [-0.25, -0.2) is 0 Å². The number of hydrogen-bond acceptors (Lipinski definition) is 2. The molecule has 1 aromatic carbocycles. The van der Waals surface area contributed by atoms with Crippen molar-refractivity contribution in [3.63, 3.8) is 0 Å². The number of aromatic amines is 1. The van der Waals surface area contributed by atoms with Gasteiger partial charge >= 0.3 is 0 Å². The number of nitrogen functional groups attached to an aromatic ring is 1. The topological polar surface area (TPSA) is 59.6 Å². The summed E-state index contributed by atoms with van der Waals surface area (Å²) in [6.45, 7) is 2.09. The number of nitrogens with one attached hydrogen (secondary N) is 1. The maximum atomic E-state index is 5.90. The number of H-pyrrole nitrogens is 1. The summed E-state index contributed by atoms with van der Waals surface area (Å²) in [5.74, 6) is 0. The second kappa shape index (κ2) is 3.38. The molecule has 0 aliphatic heterocycles. The van der Waals surface area contributed by atoms with Crippen LogP contribution in [0.5, 0.6) is 0 Å². The highest BCUT2D eigenvalue weighted by atomic mass is 15.1. The number of benzene rings is 1. The Bertz CT molecular complexity index is 691. The Morgan fingerprint density at radius 2 is 2.18 bits per heavy atom. The highest BCUT2D eigenvalue weighted by Crippen LogP contribution is 2.32. The summed E-state index contributed by atoms with van der Waals surface area (Å²) < 4.78 is 2.11. The van der Waals surface area contributed by atoms with Gasteiger partial charge in [0.15, 0.2) is 0 Å².